The molecule has 1 aliphatic heterocycles. The second-order valence-electron chi connectivity index (χ2n) is 4.82. The van der Waals surface area contributed by atoms with E-state index in [9.17, 15) is 10.1 Å². The molecule has 108 valence electrons. The van der Waals surface area contributed by atoms with Crippen molar-refractivity contribution in [1.82, 2.24) is 0 Å². The Morgan fingerprint density at radius 3 is 2.45 bits per heavy atom. The Labute approximate surface area is 138 Å². The highest BCUT2D eigenvalue weighted by atomic mass is 35.5. The molecule has 5 heteroatoms. The molecule has 3 nitrogen and oxygen atoms in total. The summed E-state index contributed by atoms with van der Waals surface area (Å²) in [5, 5.41) is 10.5. The fourth-order valence-electron chi connectivity index (χ4n) is 2.38. The molecule has 1 unspecified atom stereocenters. The first-order valence-corrected chi connectivity index (χ1v) is 7.32. The van der Waals surface area contributed by atoms with Gasteiger partial charge in [0.2, 0.25) is 0 Å². The third kappa shape index (κ3) is 2.59. The van der Waals surface area contributed by atoms with E-state index in [1.165, 1.54) is 4.90 Å². The van der Waals surface area contributed by atoms with Crippen molar-refractivity contribution >= 4 is 40.9 Å². The Morgan fingerprint density at radius 1 is 1.09 bits per heavy atom. The molecule has 0 radical (unpaired) electrons. The van der Waals surface area contributed by atoms with Crippen LogP contribution in [0.2, 0.25) is 10.0 Å². The molecule has 0 bridgehead atoms. The van der Waals surface area contributed by atoms with Gasteiger partial charge in [0.05, 0.1) is 11.8 Å². The van der Waals surface area contributed by atoms with Crippen LogP contribution in [0, 0.1) is 11.3 Å². The molecule has 2 aromatic rings. The van der Waals surface area contributed by atoms with Crippen molar-refractivity contribution < 1.29 is 4.79 Å². The Bertz CT molecular complexity index is 806. The van der Waals surface area contributed by atoms with E-state index >= 15 is 0 Å². The number of rotatable bonds is 1. The van der Waals surface area contributed by atoms with Crippen LogP contribution in [0.15, 0.2) is 48.5 Å². The summed E-state index contributed by atoms with van der Waals surface area (Å²) in [5.74, 6) is -0.254. The molecule has 0 saturated heterocycles. The molecule has 3 rings (SSSR count). The van der Waals surface area contributed by atoms with E-state index in [0.29, 0.717) is 21.3 Å². The van der Waals surface area contributed by atoms with Gasteiger partial charge in [-0.15, -0.1) is 0 Å². The highest BCUT2D eigenvalue weighted by Crippen LogP contribution is 2.32. The molecule has 0 fully saturated rings. The zero-order valence-corrected chi connectivity index (χ0v) is 12.8. The molecule has 0 aliphatic carbocycles. The van der Waals surface area contributed by atoms with Gasteiger partial charge in [-0.25, -0.2) is 0 Å². The summed E-state index contributed by atoms with van der Waals surface area (Å²) in [6.07, 6.45) is 3.49. The Morgan fingerprint density at radius 2 is 1.77 bits per heavy atom. The molecule has 0 N–H and O–H groups in total. The van der Waals surface area contributed by atoms with Crippen molar-refractivity contribution in [3.8, 4) is 6.07 Å². The first-order valence-electron chi connectivity index (χ1n) is 6.56. The number of fused-ring (bicyclic) bond motifs is 1. The summed E-state index contributed by atoms with van der Waals surface area (Å²) in [7, 11) is 0. The average Bonchev–Trinajstić information content (AvgIpc) is 2.53. The Kier molecular flexibility index (Phi) is 3.89. The van der Waals surface area contributed by atoms with Crippen LogP contribution in [0.5, 0.6) is 0 Å². The molecule has 1 heterocycles. The zero-order chi connectivity index (χ0) is 15.7. The molecule has 0 aromatic heterocycles. The summed E-state index contributed by atoms with van der Waals surface area (Å²) in [6, 6.07) is 13.3. The van der Waals surface area contributed by atoms with E-state index in [1.807, 2.05) is 0 Å². The van der Waals surface area contributed by atoms with Gasteiger partial charge >= 0.3 is 0 Å². The van der Waals surface area contributed by atoms with Gasteiger partial charge in [0.15, 0.2) is 0 Å². The van der Waals surface area contributed by atoms with Gasteiger partial charge in [-0.05, 0) is 54.1 Å². The molecule has 0 saturated carbocycles. The number of nitrogens with zero attached hydrogens (tertiary/aromatic N) is 2. The second kappa shape index (κ2) is 5.84. The summed E-state index contributed by atoms with van der Waals surface area (Å²) in [4.78, 5) is 14.3. The first-order chi connectivity index (χ1) is 10.6. The highest BCUT2D eigenvalue weighted by molar-refractivity contribution is 6.31. The van der Waals surface area contributed by atoms with E-state index in [4.69, 9.17) is 23.2 Å². The largest absolute Gasteiger partial charge is 0.288 e. The van der Waals surface area contributed by atoms with Gasteiger partial charge in [-0.1, -0.05) is 29.3 Å². The lowest BCUT2D eigenvalue weighted by Crippen LogP contribution is -2.40. The molecule has 1 atom stereocenters. The SMILES string of the molecule is N#CC1C=Cc2cc(Cl)ccc2N1C(=O)c1ccc(Cl)cc1. The Balaban J connectivity index is 2.07. The Hall–Kier alpha value is -2.28. The minimum Gasteiger partial charge on any atom is -0.288 e. The van der Waals surface area contributed by atoms with Crippen LogP contribution in [-0.4, -0.2) is 11.9 Å². The minimum atomic E-state index is -0.656. The van der Waals surface area contributed by atoms with E-state index in [-0.39, 0.29) is 5.91 Å². The van der Waals surface area contributed by atoms with Gasteiger partial charge in [-0.2, -0.15) is 5.26 Å². The fourth-order valence-corrected chi connectivity index (χ4v) is 2.68. The van der Waals surface area contributed by atoms with Crippen LogP contribution in [0.1, 0.15) is 15.9 Å². The molecule has 1 aliphatic rings. The molecule has 1 amide bonds. The number of amides is 1. The number of carbonyl (C=O) groups is 1. The molecular weight excluding hydrogens is 319 g/mol. The lowest BCUT2D eigenvalue weighted by Gasteiger charge is -2.30. The van der Waals surface area contributed by atoms with Crippen molar-refractivity contribution in [3.05, 3.63) is 69.7 Å². The van der Waals surface area contributed by atoms with Crippen molar-refractivity contribution in [2.24, 2.45) is 0 Å². The van der Waals surface area contributed by atoms with Crippen LogP contribution >= 0.6 is 23.2 Å². The van der Waals surface area contributed by atoms with Crippen LogP contribution < -0.4 is 4.90 Å². The number of anilines is 1. The zero-order valence-electron chi connectivity index (χ0n) is 11.3. The number of halogens is 2. The van der Waals surface area contributed by atoms with Crippen molar-refractivity contribution in [2.75, 3.05) is 4.90 Å². The topological polar surface area (TPSA) is 44.1 Å². The molecule has 0 spiro atoms. The third-order valence-corrected chi connectivity index (χ3v) is 3.91. The van der Waals surface area contributed by atoms with Crippen LogP contribution in [0.25, 0.3) is 6.08 Å². The van der Waals surface area contributed by atoms with E-state index in [1.54, 1.807) is 54.6 Å². The van der Waals surface area contributed by atoms with Crippen molar-refractivity contribution in [1.29, 1.82) is 5.26 Å². The number of hydrogen-bond acceptors (Lipinski definition) is 2. The normalized spacial score (nSPS) is 16.0. The average molecular weight is 329 g/mol. The van der Waals surface area contributed by atoms with E-state index < -0.39 is 6.04 Å². The monoisotopic (exact) mass is 328 g/mol. The summed E-state index contributed by atoms with van der Waals surface area (Å²) in [5.41, 5.74) is 1.94. The van der Waals surface area contributed by atoms with Gasteiger partial charge in [0.1, 0.15) is 6.04 Å². The van der Waals surface area contributed by atoms with Crippen LogP contribution in [-0.2, 0) is 0 Å². The quantitative estimate of drug-likeness (QED) is 0.770. The van der Waals surface area contributed by atoms with E-state index in [2.05, 4.69) is 6.07 Å². The predicted molar refractivity (Wildman–Crippen MR) is 88.1 cm³/mol. The fraction of sp³-hybridized carbons (Fsp3) is 0.0588. The maximum Gasteiger partial charge on any atom is 0.259 e. The maximum atomic E-state index is 12.8. The third-order valence-electron chi connectivity index (χ3n) is 3.43. The number of hydrogen-bond donors (Lipinski definition) is 0. The summed E-state index contributed by atoms with van der Waals surface area (Å²) < 4.78 is 0. The lowest BCUT2D eigenvalue weighted by molar-refractivity contribution is 0.0985. The maximum absolute atomic E-state index is 12.8. The molecular formula is C17H10Cl2N2O. The minimum absolute atomic E-state index is 0.254. The van der Waals surface area contributed by atoms with Gasteiger partial charge < -0.3 is 0 Å². The van der Waals surface area contributed by atoms with Gasteiger partial charge in [0.25, 0.3) is 5.91 Å². The highest BCUT2D eigenvalue weighted by Gasteiger charge is 2.28. The van der Waals surface area contributed by atoms with E-state index in [0.717, 1.165) is 5.56 Å². The first kappa shape index (κ1) is 14.6. The van der Waals surface area contributed by atoms with Gasteiger partial charge in [0, 0.05) is 15.6 Å². The molecule has 2 aromatic carbocycles. The van der Waals surface area contributed by atoms with Crippen molar-refractivity contribution in [2.45, 2.75) is 6.04 Å². The van der Waals surface area contributed by atoms with Crippen LogP contribution in [0.4, 0.5) is 5.69 Å². The summed E-state index contributed by atoms with van der Waals surface area (Å²) >= 11 is 11.8. The van der Waals surface area contributed by atoms with Crippen molar-refractivity contribution in [3.63, 3.8) is 0 Å². The van der Waals surface area contributed by atoms with Crippen LogP contribution in [0.3, 0.4) is 0 Å². The lowest BCUT2D eigenvalue weighted by atomic mass is 10.0. The number of carbonyl (C=O) groups excluding carboxylic acids is 1. The summed E-state index contributed by atoms with van der Waals surface area (Å²) in [6.45, 7) is 0. The number of benzene rings is 2. The number of nitriles is 1. The van der Waals surface area contributed by atoms with Gasteiger partial charge in [-0.3, -0.25) is 9.69 Å². The molecule has 22 heavy (non-hydrogen) atoms. The smallest absolute Gasteiger partial charge is 0.259 e. The standard InChI is InChI=1S/C17H10Cl2N2O/c18-13-4-1-11(2-5-13)17(22)21-15(10-20)7-3-12-9-14(19)6-8-16(12)21/h1-9,15H. The second-order valence-corrected chi connectivity index (χ2v) is 5.69. The predicted octanol–water partition coefficient (Wildman–Crippen LogP) is 4.56.